The molecule has 1 unspecified atom stereocenters. The minimum Gasteiger partial charge on any atom is -0.480 e. The fourth-order valence-electron chi connectivity index (χ4n) is 2.57. The Morgan fingerprint density at radius 2 is 2.05 bits per heavy atom. The highest BCUT2D eigenvalue weighted by molar-refractivity contribution is 6.00. The van der Waals surface area contributed by atoms with Crippen LogP contribution in [0.15, 0.2) is 24.3 Å². The Balaban J connectivity index is 2.16. The van der Waals surface area contributed by atoms with Crippen molar-refractivity contribution in [1.82, 2.24) is 10.2 Å². The first kappa shape index (κ1) is 16.0. The van der Waals surface area contributed by atoms with Gasteiger partial charge < -0.3 is 15.3 Å². The lowest BCUT2D eigenvalue weighted by Gasteiger charge is -2.21. The summed E-state index contributed by atoms with van der Waals surface area (Å²) in [7, 11) is 0. The summed E-state index contributed by atoms with van der Waals surface area (Å²) < 4.78 is 0. The highest BCUT2D eigenvalue weighted by Gasteiger charge is 2.34. The topological polar surface area (TPSA) is 86.7 Å². The lowest BCUT2D eigenvalue weighted by atomic mass is 10.1. The van der Waals surface area contributed by atoms with Crippen molar-refractivity contribution in [1.29, 1.82) is 0 Å². The third-order valence-electron chi connectivity index (χ3n) is 3.71. The Morgan fingerprint density at radius 1 is 1.32 bits per heavy atom. The number of likely N-dealkylation sites (tertiary alicyclic amines) is 1. The number of rotatable bonds is 5. The molecule has 22 heavy (non-hydrogen) atoms. The maximum Gasteiger partial charge on any atom is 0.326 e. The fourth-order valence-corrected chi connectivity index (χ4v) is 2.57. The minimum atomic E-state index is -0.984. The van der Waals surface area contributed by atoms with Crippen molar-refractivity contribution in [2.75, 3.05) is 13.1 Å². The van der Waals surface area contributed by atoms with Crippen LogP contribution >= 0.6 is 0 Å². The Labute approximate surface area is 129 Å². The number of benzene rings is 1. The predicted octanol–water partition coefficient (Wildman–Crippen LogP) is 1.52. The highest BCUT2D eigenvalue weighted by Crippen LogP contribution is 2.20. The van der Waals surface area contributed by atoms with Crippen LogP contribution in [0, 0.1) is 0 Å². The third kappa shape index (κ3) is 3.44. The summed E-state index contributed by atoms with van der Waals surface area (Å²) in [5.41, 5.74) is 0.752. The van der Waals surface area contributed by atoms with Crippen LogP contribution in [-0.2, 0) is 4.79 Å². The largest absolute Gasteiger partial charge is 0.480 e. The highest BCUT2D eigenvalue weighted by atomic mass is 16.4. The third-order valence-corrected chi connectivity index (χ3v) is 3.71. The van der Waals surface area contributed by atoms with E-state index < -0.39 is 12.0 Å². The van der Waals surface area contributed by atoms with E-state index in [1.54, 1.807) is 18.2 Å². The molecule has 1 aliphatic heterocycles. The standard InChI is InChI=1S/C16H20N2O4/c1-2-8-17-14(19)11-5-3-6-12(10-11)15(20)18-9-4-7-13(18)16(21)22/h3,5-6,10,13H,2,4,7-9H2,1H3,(H,17,19)(H,21,22). The first-order valence-electron chi connectivity index (χ1n) is 7.46. The van der Waals surface area contributed by atoms with Gasteiger partial charge in [-0.3, -0.25) is 9.59 Å². The van der Waals surface area contributed by atoms with Gasteiger partial charge in [0.2, 0.25) is 0 Å². The zero-order valence-electron chi connectivity index (χ0n) is 12.5. The second kappa shape index (κ2) is 7.06. The lowest BCUT2D eigenvalue weighted by Crippen LogP contribution is -2.40. The number of carbonyl (C=O) groups excluding carboxylic acids is 2. The van der Waals surface area contributed by atoms with Crippen molar-refractivity contribution < 1.29 is 19.5 Å². The van der Waals surface area contributed by atoms with Crippen LogP contribution < -0.4 is 5.32 Å². The number of carbonyl (C=O) groups is 3. The molecule has 1 atom stereocenters. The van der Waals surface area contributed by atoms with Crippen molar-refractivity contribution >= 4 is 17.8 Å². The van der Waals surface area contributed by atoms with Gasteiger partial charge in [0.1, 0.15) is 6.04 Å². The van der Waals surface area contributed by atoms with E-state index in [0.29, 0.717) is 37.1 Å². The molecule has 0 radical (unpaired) electrons. The van der Waals surface area contributed by atoms with Gasteiger partial charge in [0.15, 0.2) is 0 Å². The molecule has 0 saturated carbocycles. The van der Waals surface area contributed by atoms with Crippen LogP contribution in [0.3, 0.4) is 0 Å². The van der Waals surface area contributed by atoms with E-state index in [4.69, 9.17) is 5.11 Å². The molecule has 2 rings (SSSR count). The van der Waals surface area contributed by atoms with Crippen molar-refractivity contribution in [3.63, 3.8) is 0 Å². The number of carboxylic acids is 1. The van der Waals surface area contributed by atoms with Gasteiger partial charge in [-0.2, -0.15) is 0 Å². The van der Waals surface area contributed by atoms with Crippen molar-refractivity contribution in [2.24, 2.45) is 0 Å². The van der Waals surface area contributed by atoms with Crippen molar-refractivity contribution in [3.8, 4) is 0 Å². The Hall–Kier alpha value is -2.37. The maximum absolute atomic E-state index is 12.5. The summed E-state index contributed by atoms with van der Waals surface area (Å²) in [6.07, 6.45) is 1.98. The molecule has 1 heterocycles. The van der Waals surface area contributed by atoms with Gasteiger partial charge >= 0.3 is 5.97 Å². The molecule has 1 fully saturated rings. The Morgan fingerprint density at radius 3 is 2.73 bits per heavy atom. The Bertz CT molecular complexity index is 585. The quantitative estimate of drug-likeness (QED) is 0.863. The van der Waals surface area contributed by atoms with Gasteiger partial charge in [-0.15, -0.1) is 0 Å². The molecular weight excluding hydrogens is 284 g/mol. The van der Waals surface area contributed by atoms with E-state index in [1.165, 1.54) is 11.0 Å². The van der Waals surface area contributed by atoms with Crippen molar-refractivity contribution in [3.05, 3.63) is 35.4 Å². The van der Waals surface area contributed by atoms with Gasteiger partial charge in [0.05, 0.1) is 0 Å². The van der Waals surface area contributed by atoms with Gasteiger partial charge in [-0.1, -0.05) is 13.0 Å². The summed E-state index contributed by atoms with van der Waals surface area (Å²) in [4.78, 5) is 37.0. The molecule has 0 spiro atoms. The number of carboxylic acid groups (broad SMARTS) is 1. The molecule has 1 aliphatic rings. The predicted molar refractivity (Wildman–Crippen MR) is 80.8 cm³/mol. The number of aliphatic carboxylic acids is 1. The van der Waals surface area contributed by atoms with Gasteiger partial charge in [-0.05, 0) is 37.5 Å². The zero-order valence-corrected chi connectivity index (χ0v) is 12.5. The number of hydrogen-bond donors (Lipinski definition) is 2. The van der Waals surface area contributed by atoms with Gasteiger partial charge in [-0.25, -0.2) is 4.79 Å². The number of nitrogens with one attached hydrogen (secondary N) is 1. The normalized spacial score (nSPS) is 17.3. The van der Waals surface area contributed by atoms with Crippen molar-refractivity contribution in [2.45, 2.75) is 32.2 Å². The van der Waals surface area contributed by atoms with Gasteiger partial charge in [0, 0.05) is 24.2 Å². The number of hydrogen-bond acceptors (Lipinski definition) is 3. The van der Waals surface area contributed by atoms with Crippen LogP contribution in [0.2, 0.25) is 0 Å². The molecule has 1 aromatic carbocycles. The van der Waals surface area contributed by atoms with Crippen LogP contribution in [-0.4, -0.2) is 46.9 Å². The van der Waals surface area contributed by atoms with E-state index >= 15 is 0 Å². The Kier molecular flexibility index (Phi) is 5.14. The molecule has 2 amide bonds. The summed E-state index contributed by atoms with van der Waals surface area (Å²) in [6.45, 7) is 2.96. The number of amides is 2. The van der Waals surface area contributed by atoms with Gasteiger partial charge in [0.25, 0.3) is 11.8 Å². The maximum atomic E-state index is 12.5. The minimum absolute atomic E-state index is 0.229. The van der Waals surface area contributed by atoms with E-state index in [2.05, 4.69) is 5.32 Å². The number of nitrogens with zero attached hydrogens (tertiary/aromatic N) is 1. The zero-order chi connectivity index (χ0) is 16.1. The average Bonchev–Trinajstić information content (AvgIpc) is 3.01. The van der Waals surface area contributed by atoms with E-state index in [9.17, 15) is 14.4 Å². The second-order valence-corrected chi connectivity index (χ2v) is 5.33. The summed E-state index contributed by atoms with van der Waals surface area (Å²) in [5, 5.41) is 11.9. The lowest BCUT2D eigenvalue weighted by molar-refractivity contribution is -0.141. The monoisotopic (exact) mass is 304 g/mol. The first-order chi connectivity index (χ1) is 10.5. The first-order valence-corrected chi connectivity index (χ1v) is 7.46. The molecule has 0 bridgehead atoms. The molecule has 1 saturated heterocycles. The van der Waals surface area contributed by atoms with E-state index in [0.717, 1.165) is 6.42 Å². The van der Waals surface area contributed by atoms with Crippen LogP contribution in [0.4, 0.5) is 0 Å². The van der Waals surface area contributed by atoms with Crippen LogP contribution in [0.1, 0.15) is 46.9 Å². The second-order valence-electron chi connectivity index (χ2n) is 5.33. The molecule has 118 valence electrons. The van der Waals surface area contributed by atoms with E-state index in [-0.39, 0.29) is 11.8 Å². The summed E-state index contributed by atoms with van der Waals surface area (Å²) >= 11 is 0. The molecule has 0 aromatic heterocycles. The summed E-state index contributed by atoms with van der Waals surface area (Å²) in [5.74, 6) is -1.55. The van der Waals surface area contributed by atoms with E-state index in [1.807, 2.05) is 6.92 Å². The summed E-state index contributed by atoms with van der Waals surface area (Å²) in [6, 6.07) is 5.63. The molecular formula is C16H20N2O4. The SMILES string of the molecule is CCCNC(=O)c1cccc(C(=O)N2CCCC2C(=O)O)c1. The molecule has 2 N–H and O–H groups in total. The molecule has 0 aliphatic carbocycles. The van der Waals surface area contributed by atoms with Crippen LogP contribution in [0.5, 0.6) is 0 Å². The smallest absolute Gasteiger partial charge is 0.326 e. The van der Waals surface area contributed by atoms with Crippen LogP contribution in [0.25, 0.3) is 0 Å². The average molecular weight is 304 g/mol. The fraction of sp³-hybridized carbons (Fsp3) is 0.438. The molecule has 6 heteroatoms. The molecule has 6 nitrogen and oxygen atoms in total. The molecule has 1 aromatic rings.